The third kappa shape index (κ3) is 2.45. The average molecular weight is 248 g/mol. The number of benzene rings is 1. The summed E-state index contributed by atoms with van der Waals surface area (Å²) >= 11 is 2.09. The van der Waals surface area contributed by atoms with Gasteiger partial charge >= 0.3 is 0 Å². The van der Waals surface area contributed by atoms with Crippen LogP contribution in [0.2, 0.25) is 0 Å². The molecule has 1 heterocycles. The van der Waals surface area contributed by atoms with Crippen molar-refractivity contribution in [3.63, 3.8) is 0 Å². The Morgan fingerprint density at radius 2 is 2.24 bits per heavy atom. The van der Waals surface area contributed by atoms with E-state index >= 15 is 0 Å². The molecule has 1 aromatic carbocycles. The van der Waals surface area contributed by atoms with Crippen molar-refractivity contribution < 1.29 is 0 Å². The van der Waals surface area contributed by atoms with E-state index in [1.807, 2.05) is 6.07 Å². The molecule has 17 heavy (non-hydrogen) atoms. The van der Waals surface area contributed by atoms with Crippen molar-refractivity contribution >= 4 is 17.4 Å². The smallest absolute Gasteiger partial charge is 0.0328 e. The van der Waals surface area contributed by atoms with E-state index < -0.39 is 0 Å². The standard InChI is InChI=1S/C14H20N2S/c15-11-4-5-13-10(8-11)3-6-14(13)16-12-2-1-7-17-9-12/h4-5,8,12,14,16H,1-3,6-7,9,15H2. The summed E-state index contributed by atoms with van der Waals surface area (Å²) in [7, 11) is 0. The molecule has 1 aromatic rings. The van der Waals surface area contributed by atoms with Gasteiger partial charge in [0, 0.05) is 23.5 Å². The molecule has 92 valence electrons. The van der Waals surface area contributed by atoms with E-state index in [-0.39, 0.29) is 0 Å². The van der Waals surface area contributed by atoms with Crippen LogP contribution in [-0.2, 0) is 6.42 Å². The summed E-state index contributed by atoms with van der Waals surface area (Å²) in [6.45, 7) is 0. The van der Waals surface area contributed by atoms with Crippen molar-refractivity contribution in [1.29, 1.82) is 0 Å². The number of hydrogen-bond acceptors (Lipinski definition) is 3. The van der Waals surface area contributed by atoms with E-state index in [4.69, 9.17) is 5.73 Å². The normalized spacial score (nSPS) is 28.0. The highest BCUT2D eigenvalue weighted by Crippen LogP contribution is 2.33. The third-order valence-electron chi connectivity index (χ3n) is 3.84. The molecule has 1 saturated heterocycles. The van der Waals surface area contributed by atoms with Crippen LogP contribution in [0.1, 0.15) is 36.4 Å². The van der Waals surface area contributed by atoms with Crippen LogP contribution in [0.5, 0.6) is 0 Å². The van der Waals surface area contributed by atoms with Crippen LogP contribution in [0.3, 0.4) is 0 Å². The number of thioether (sulfide) groups is 1. The zero-order valence-electron chi connectivity index (χ0n) is 10.1. The summed E-state index contributed by atoms with van der Waals surface area (Å²) in [5.41, 5.74) is 9.67. The lowest BCUT2D eigenvalue weighted by Gasteiger charge is -2.26. The van der Waals surface area contributed by atoms with Gasteiger partial charge in [0.2, 0.25) is 0 Å². The fourth-order valence-electron chi connectivity index (χ4n) is 2.97. The Balaban J connectivity index is 1.70. The van der Waals surface area contributed by atoms with Gasteiger partial charge in [-0.05, 0) is 54.7 Å². The van der Waals surface area contributed by atoms with E-state index in [9.17, 15) is 0 Å². The molecule has 3 heteroatoms. The number of aryl methyl sites for hydroxylation is 1. The average Bonchev–Trinajstić information content (AvgIpc) is 2.73. The molecule has 0 radical (unpaired) electrons. The van der Waals surface area contributed by atoms with Crippen molar-refractivity contribution in [3.8, 4) is 0 Å². The van der Waals surface area contributed by atoms with Crippen molar-refractivity contribution in [2.45, 2.75) is 37.8 Å². The van der Waals surface area contributed by atoms with Crippen LogP contribution in [-0.4, -0.2) is 17.5 Å². The van der Waals surface area contributed by atoms with Gasteiger partial charge in [-0.2, -0.15) is 11.8 Å². The fraction of sp³-hybridized carbons (Fsp3) is 0.571. The summed E-state index contributed by atoms with van der Waals surface area (Å²) in [5.74, 6) is 2.62. The number of nitrogens with two attached hydrogens (primary N) is 1. The highest BCUT2D eigenvalue weighted by Gasteiger charge is 2.25. The van der Waals surface area contributed by atoms with Gasteiger partial charge in [0.1, 0.15) is 0 Å². The Hall–Kier alpha value is -0.670. The van der Waals surface area contributed by atoms with Gasteiger partial charge in [0.15, 0.2) is 0 Å². The van der Waals surface area contributed by atoms with Crippen molar-refractivity contribution in [3.05, 3.63) is 29.3 Å². The monoisotopic (exact) mass is 248 g/mol. The van der Waals surface area contributed by atoms with Crippen molar-refractivity contribution in [2.24, 2.45) is 0 Å². The largest absolute Gasteiger partial charge is 0.399 e. The molecule has 3 N–H and O–H groups in total. The lowest BCUT2D eigenvalue weighted by molar-refractivity contribution is 0.431. The topological polar surface area (TPSA) is 38.0 Å². The molecule has 1 aliphatic carbocycles. The first-order chi connectivity index (χ1) is 8.33. The van der Waals surface area contributed by atoms with E-state index in [2.05, 4.69) is 29.2 Å². The number of anilines is 1. The lowest BCUT2D eigenvalue weighted by Crippen LogP contribution is -2.35. The molecule has 2 atom stereocenters. The Morgan fingerprint density at radius 3 is 3.06 bits per heavy atom. The van der Waals surface area contributed by atoms with Gasteiger partial charge in [-0.25, -0.2) is 0 Å². The molecule has 0 spiro atoms. The highest BCUT2D eigenvalue weighted by molar-refractivity contribution is 7.99. The lowest BCUT2D eigenvalue weighted by atomic mass is 10.1. The van der Waals surface area contributed by atoms with Gasteiger partial charge in [0.05, 0.1) is 0 Å². The molecule has 1 aliphatic heterocycles. The molecule has 2 unspecified atom stereocenters. The van der Waals surface area contributed by atoms with Gasteiger partial charge < -0.3 is 11.1 Å². The molecule has 1 fully saturated rings. The summed E-state index contributed by atoms with van der Waals surface area (Å²) < 4.78 is 0. The van der Waals surface area contributed by atoms with Crippen LogP contribution in [0.25, 0.3) is 0 Å². The first kappa shape index (κ1) is 11.4. The number of fused-ring (bicyclic) bond motifs is 1. The van der Waals surface area contributed by atoms with Gasteiger partial charge in [0.25, 0.3) is 0 Å². The second kappa shape index (κ2) is 4.91. The maximum absolute atomic E-state index is 5.84. The number of rotatable bonds is 2. The minimum Gasteiger partial charge on any atom is -0.399 e. The maximum Gasteiger partial charge on any atom is 0.0328 e. The molecule has 0 bridgehead atoms. The predicted molar refractivity (Wildman–Crippen MR) is 75.4 cm³/mol. The van der Waals surface area contributed by atoms with Crippen LogP contribution in [0.4, 0.5) is 5.69 Å². The van der Waals surface area contributed by atoms with E-state index in [0.717, 1.165) is 5.69 Å². The number of nitrogen functional groups attached to an aromatic ring is 1. The highest BCUT2D eigenvalue weighted by atomic mass is 32.2. The molecule has 0 amide bonds. The molecular weight excluding hydrogens is 228 g/mol. The third-order valence-corrected chi connectivity index (χ3v) is 5.06. The summed E-state index contributed by atoms with van der Waals surface area (Å²) in [5, 5.41) is 3.83. The molecule has 0 aromatic heterocycles. The quantitative estimate of drug-likeness (QED) is 0.790. The van der Waals surface area contributed by atoms with E-state index in [0.29, 0.717) is 12.1 Å². The van der Waals surface area contributed by atoms with Crippen LogP contribution in [0, 0.1) is 0 Å². The zero-order valence-corrected chi connectivity index (χ0v) is 10.9. The Morgan fingerprint density at radius 1 is 1.29 bits per heavy atom. The first-order valence-corrected chi connectivity index (χ1v) is 7.70. The fourth-order valence-corrected chi connectivity index (χ4v) is 4.05. The zero-order chi connectivity index (χ0) is 11.7. The number of nitrogens with one attached hydrogen (secondary N) is 1. The Bertz CT molecular complexity index is 399. The van der Waals surface area contributed by atoms with E-state index in [1.165, 1.54) is 48.3 Å². The van der Waals surface area contributed by atoms with Crippen molar-refractivity contribution in [2.75, 3.05) is 17.2 Å². The molecule has 2 aliphatic rings. The minimum absolute atomic E-state index is 0.564. The summed E-state index contributed by atoms with van der Waals surface area (Å²) in [6.07, 6.45) is 5.12. The minimum atomic E-state index is 0.564. The van der Waals surface area contributed by atoms with Gasteiger partial charge in [-0.1, -0.05) is 6.07 Å². The predicted octanol–water partition coefficient (Wildman–Crippen LogP) is 2.74. The van der Waals surface area contributed by atoms with Crippen LogP contribution in [0.15, 0.2) is 18.2 Å². The van der Waals surface area contributed by atoms with Gasteiger partial charge in [-0.3, -0.25) is 0 Å². The summed E-state index contributed by atoms with van der Waals surface area (Å²) in [4.78, 5) is 0. The van der Waals surface area contributed by atoms with Gasteiger partial charge in [-0.15, -0.1) is 0 Å². The number of hydrogen-bond donors (Lipinski definition) is 2. The Labute approximate surface area is 107 Å². The van der Waals surface area contributed by atoms with Crippen LogP contribution >= 0.6 is 11.8 Å². The first-order valence-electron chi connectivity index (χ1n) is 6.55. The molecule has 3 rings (SSSR count). The molecule has 2 nitrogen and oxygen atoms in total. The molecular formula is C14H20N2S. The Kier molecular flexibility index (Phi) is 3.30. The van der Waals surface area contributed by atoms with Crippen molar-refractivity contribution in [1.82, 2.24) is 5.32 Å². The van der Waals surface area contributed by atoms with Crippen LogP contribution < -0.4 is 11.1 Å². The maximum atomic E-state index is 5.84. The SMILES string of the molecule is Nc1ccc2c(c1)CCC2NC1CCCSC1. The second-order valence-electron chi connectivity index (χ2n) is 5.13. The van der Waals surface area contributed by atoms with E-state index in [1.54, 1.807) is 0 Å². The molecule has 0 saturated carbocycles. The summed E-state index contributed by atoms with van der Waals surface area (Å²) in [6, 6.07) is 7.67. The second-order valence-corrected chi connectivity index (χ2v) is 6.28.